The molecule has 7 heteroatoms. The summed E-state index contributed by atoms with van der Waals surface area (Å²) in [6.07, 6.45) is 6.94. The highest BCUT2D eigenvalue weighted by atomic mass is 32.1. The summed E-state index contributed by atoms with van der Waals surface area (Å²) in [5, 5.41) is 11.8. The molecule has 5 nitrogen and oxygen atoms in total. The van der Waals surface area contributed by atoms with Crippen LogP contribution in [0.3, 0.4) is 0 Å². The predicted molar refractivity (Wildman–Crippen MR) is 91.0 cm³/mol. The van der Waals surface area contributed by atoms with Crippen molar-refractivity contribution in [1.29, 1.82) is 0 Å². The molecule has 0 aliphatic carbocycles. The molecule has 0 fully saturated rings. The largest absolute Gasteiger partial charge is 0.338 e. The van der Waals surface area contributed by atoms with E-state index >= 15 is 0 Å². The van der Waals surface area contributed by atoms with Crippen LogP contribution in [0.25, 0.3) is 10.7 Å². The first kappa shape index (κ1) is 16.5. The maximum atomic E-state index is 12.4. The van der Waals surface area contributed by atoms with Crippen molar-refractivity contribution in [3.8, 4) is 23.0 Å². The monoisotopic (exact) mass is 334 g/mol. The predicted octanol–water partition coefficient (Wildman–Crippen LogP) is 2.98. The minimum Gasteiger partial charge on any atom is -0.338 e. The van der Waals surface area contributed by atoms with Crippen molar-refractivity contribution in [2.24, 2.45) is 0 Å². The van der Waals surface area contributed by atoms with Gasteiger partial charge in [-0.2, -0.15) is 5.10 Å². The second-order valence-corrected chi connectivity index (χ2v) is 6.23. The molecule has 2 heterocycles. The lowest BCUT2D eigenvalue weighted by molar-refractivity contribution is -0.123. The minimum absolute atomic E-state index is 0.0893. The van der Waals surface area contributed by atoms with Crippen LogP contribution in [0.5, 0.6) is 0 Å². The Balaban J connectivity index is 2.22. The first-order chi connectivity index (χ1) is 10.5. The molecule has 0 aliphatic rings. The van der Waals surface area contributed by atoms with E-state index in [0.717, 1.165) is 4.88 Å². The molecule has 0 saturated heterocycles. The number of amides is 1. The van der Waals surface area contributed by atoms with Crippen LogP contribution in [0.15, 0.2) is 17.5 Å². The Kier molecular flexibility index (Phi) is 5.16. The number of aromatic amines is 1. The van der Waals surface area contributed by atoms with Crippen LogP contribution in [0.2, 0.25) is 0 Å². The third-order valence-corrected chi connectivity index (χ3v) is 4.84. The molecular formula is C15H18N4OS2. The third kappa shape index (κ3) is 3.29. The van der Waals surface area contributed by atoms with Gasteiger partial charge in [0.25, 0.3) is 0 Å². The summed E-state index contributed by atoms with van der Waals surface area (Å²) in [6.45, 7) is 4.01. The van der Waals surface area contributed by atoms with E-state index < -0.39 is 5.54 Å². The molecule has 116 valence electrons. The zero-order chi connectivity index (χ0) is 16.2. The quantitative estimate of drug-likeness (QED) is 0.630. The van der Waals surface area contributed by atoms with Gasteiger partial charge in [-0.1, -0.05) is 25.8 Å². The second kappa shape index (κ2) is 6.90. The van der Waals surface area contributed by atoms with E-state index in [-0.39, 0.29) is 12.5 Å². The van der Waals surface area contributed by atoms with Gasteiger partial charge in [-0.05, 0) is 36.5 Å². The van der Waals surface area contributed by atoms with Gasteiger partial charge < -0.3 is 5.32 Å². The van der Waals surface area contributed by atoms with E-state index in [1.807, 2.05) is 31.4 Å². The molecule has 0 unspecified atom stereocenters. The van der Waals surface area contributed by atoms with Crippen LogP contribution in [-0.2, 0) is 11.3 Å². The number of nitrogens with zero attached hydrogens (tertiary/aromatic N) is 2. The molecule has 0 saturated carbocycles. The van der Waals surface area contributed by atoms with Gasteiger partial charge in [-0.15, -0.1) is 17.8 Å². The Morgan fingerprint density at radius 1 is 1.59 bits per heavy atom. The molecule has 0 aromatic carbocycles. The summed E-state index contributed by atoms with van der Waals surface area (Å²) in [6, 6.07) is 3.87. The lowest BCUT2D eigenvalue weighted by atomic mass is 9.94. The summed E-state index contributed by atoms with van der Waals surface area (Å²) in [5.41, 5.74) is -0.605. The van der Waals surface area contributed by atoms with Crippen molar-refractivity contribution in [2.75, 3.05) is 0 Å². The number of aromatic nitrogens is 3. The number of hydrogen-bond donors (Lipinski definition) is 2. The van der Waals surface area contributed by atoms with E-state index in [9.17, 15) is 4.79 Å². The van der Waals surface area contributed by atoms with Crippen molar-refractivity contribution in [2.45, 2.75) is 38.8 Å². The maximum absolute atomic E-state index is 12.4. The number of carbonyl (C=O) groups excluding carboxylic acids is 1. The number of H-pyrrole nitrogens is 1. The molecule has 2 aromatic heterocycles. The Labute approximate surface area is 138 Å². The Hall–Kier alpha value is -1.91. The van der Waals surface area contributed by atoms with Gasteiger partial charge in [-0.3, -0.25) is 14.5 Å². The fourth-order valence-electron chi connectivity index (χ4n) is 2.18. The van der Waals surface area contributed by atoms with Gasteiger partial charge >= 0.3 is 0 Å². The SMILES string of the molecule is C#CC(CC)(CC)NC(=O)Cn1c(-c2cccs2)n[nH]c1=S. The van der Waals surface area contributed by atoms with Crippen LogP contribution in [0.4, 0.5) is 0 Å². The summed E-state index contributed by atoms with van der Waals surface area (Å²) in [4.78, 5) is 13.3. The van der Waals surface area contributed by atoms with Crippen molar-refractivity contribution in [3.05, 3.63) is 22.3 Å². The molecule has 2 aromatic rings. The van der Waals surface area contributed by atoms with E-state index in [2.05, 4.69) is 21.4 Å². The average Bonchev–Trinajstić information content (AvgIpc) is 3.16. The average molecular weight is 334 g/mol. The molecule has 0 bridgehead atoms. The van der Waals surface area contributed by atoms with E-state index in [1.165, 1.54) is 0 Å². The highest BCUT2D eigenvalue weighted by Crippen LogP contribution is 2.22. The Bertz CT molecular complexity index is 732. The van der Waals surface area contributed by atoms with Crippen molar-refractivity contribution >= 4 is 29.5 Å². The Morgan fingerprint density at radius 3 is 2.86 bits per heavy atom. The van der Waals surface area contributed by atoms with Crippen LogP contribution in [0.1, 0.15) is 26.7 Å². The summed E-state index contributed by atoms with van der Waals surface area (Å²) >= 11 is 6.76. The van der Waals surface area contributed by atoms with Gasteiger partial charge in [0, 0.05) is 0 Å². The highest BCUT2D eigenvalue weighted by molar-refractivity contribution is 7.71. The number of terminal acetylenes is 1. The summed E-state index contributed by atoms with van der Waals surface area (Å²) < 4.78 is 2.10. The molecule has 2 N–H and O–H groups in total. The van der Waals surface area contributed by atoms with E-state index in [1.54, 1.807) is 15.9 Å². The first-order valence-corrected chi connectivity index (χ1v) is 8.32. The van der Waals surface area contributed by atoms with Crippen LogP contribution >= 0.6 is 23.6 Å². The maximum Gasteiger partial charge on any atom is 0.241 e. The molecular weight excluding hydrogens is 316 g/mol. The number of rotatable bonds is 6. The second-order valence-electron chi connectivity index (χ2n) is 4.90. The van der Waals surface area contributed by atoms with Gasteiger partial charge in [0.1, 0.15) is 12.1 Å². The van der Waals surface area contributed by atoms with Crippen molar-refractivity contribution in [1.82, 2.24) is 20.1 Å². The molecule has 22 heavy (non-hydrogen) atoms. The zero-order valence-electron chi connectivity index (χ0n) is 12.5. The van der Waals surface area contributed by atoms with Crippen LogP contribution in [-0.4, -0.2) is 26.2 Å². The third-order valence-electron chi connectivity index (χ3n) is 3.66. The lowest BCUT2D eigenvalue weighted by Gasteiger charge is -2.27. The number of carbonyl (C=O) groups is 1. The molecule has 0 radical (unpaired) electrons. The van der Waals surface area contributed by atoms with Gasteiger partial charge in [-0.25, -0.2) is 0 Å². The topological polar surface area (TPSA) is 62.7 Å². The standard InChI is InChI=1S/C15H18N4OS2/c1-4-15(5-2,6-3)16-12(20)10-19-13(17-18-14(19)21)11-8-7-9-22-11/h1,7-9H,5-6,10H2,2-3H3,(H,16,20)(H,18,21). The molecule has 1 amide bonds. The van der Waals surface area contributed by atoms with Gasteiger partial charge in [0.05, 0.1) is 4.88 Å². The van der Waals surface area contributed by atoms with Crippen molar-refractivity contribution < 1.29 is 4.79 Å². The van der Waals surface area contributed by atoms with Crippen molar-refractivity contribution in [3.63, 3.8) is 0 Å². The number of hydrogen-bond acceptors (Lipinski definition) is 4. The highest BCUT2D eigenvalue weighted by Gasteiger charge is 2.26. The number of nitrogens with one attached hydrogen (secondary N) is 2. The summed E-state index contributed by atoms with van der Waals surface area (Å²) in [7, 11) is 0. The normalized spacial score (nSPS) is 11.1. The Morgan fingerprint density at radius 2 is 2.32 bits per heavy atom. The van der Waals surface area contributed by atoms with Crippen LogP contribution in [0, 0.1) is 17.1 Å². The summed E-state index contributed by atoms with van der Waals surface area (Å²) in [5.74, 6) is 3.19. The number of thiophene rings is 1. The van der Waals surface area contributed by atoms with E-state index in [0.29, 0.717) is 23.4 Å². The molecule has 2 rings (SSSR count). The molecule has 0 spiro atoms. The smallest absolute Gasteiger partial charge is 0.241 e. The van der Waals surface area contributed by atoms with Gasteiger partial charge in [0.15, 0.2) is 10.6 Å². The minimum atomic E-state index is -0.605. The van der Waals surface area contributed by atoms with E-state index in [4.69, 9.17) is 18.6 Å². The molecule has 0 aliphatic heterocycles. The fourth-order valence-corrected chi connectivity index (χ4v) is 3.09. The molecule has 0 atom stereocenters. The zero-order valence-corrected chi connectivity index (χ0v) is 14.2. The van der Waals surface area contributed by atoms with Gasteiger partial charge in [0.2, 0.25) is 5.91 Å². The first-order valence-electron chi connectivity index (χ1n) is 7.03. The lowest BCUT2D eigenvalue weighted by Crippen LogP contribution is -2.47. The fraction of sp³-hybridized carbons (Fsp3) is 0.400. The van der Waals surface area contributed by atoms with Crippen LogP contribution < -0.4 is 5.32 Å².